The van der Waals surface area contributed by atoms with Crippen LogP contribution in [0, 0.1) is 0 Å². The van der Waals surface area contributed by atoms with Gasteiger partial charge in [-0.15, -0.1) is 0 Å². The predicted octanol–water partition coefficient (Wildman–Crippen LogP) is 0.214. The lowest BCUT2D eigenvalue weighted by molar-refractivity contribution is 0.0172. The highest BCUT2D eigenvalue weighted by molar-refractivity contribution is 4.80. The summed E-state index contributed by atoms with van der Waals surface area (Å²) in [5.41, 5.74) is 0. The van der Waals surface area contributed by atoms with Crippen LogP contribution in [0.1, 0.15) is 26.2 Å². The van der Waals surface area contributed by atoms with E-state index in [-0.39, 0.29) is 18.8 Å². The Bertz CT molecular complexity index is 130. The molecule has 0 saturated carbocycles. The molecule has 0 aliphatic carbocycles. The summed E-state index contributed by atoms with van der Waals surface area (Å²) < 4.78 is 0. The molecule has 0 radical (unpaired) electrons. The summed E-state index contributed by atoms with van der Waals surface area (Å²) in [6, 6.07) is 0.189. The van der Waals surface area contributed by atoms with Crippen LogP contribution in [0.15, 0.2) is 0 Å². The summed E-state index contributed by atoms with van der Waals surface area (Å²) >= 11 is 0. The Labute approximate surface area is 74.0 Å². The molecule has 3 heteroatoms. The maximum atomic E-state index is 9.36. The zero-order valence-corrected chi connectivity index (χ0v) is 7.74. The van der Waals surface area contributed by atoms with Crippen LogP contribution in [-0.2, 0) is 0 Å². The van der Waals surface area contributed by atoms with E-state index in [4.69, 9.17) is 5.11 Å². The van der Waals surface area contributed by atoms with Crippen molar-refractivity contribution in [1.29, 1.82) is 0 Å². The summed E-state index contributed by atoms with van der Waals surface area (Å²) in [5.74, 6) is 0. The molecule has 0 aromatic carbocycles. The van der Waals surface area contributed by atoms with E-state index in [1.54, 1.807) is 0 Å². The largest absolute Gasteiger partial charge is 0.395 e. The Hall–Kier alpha value is -0.120. The zero-order valence-electron chi connectivity index (χ0n) is 7.74. The fourth-order valence-corrected chi connectivity index (χ4v) is 1.85. The third-order valence-electron chi connectivity index (χ3n) is 2.53. The average molecular weight is 173 g/mol. The normalized spacial score (nSPS) is 32.2. The zero-order chi connectivity index (χ0) is 8.97. The van der Waals surface area contributed by atoms with Crippen LogP contribution in [0.4, 0.5) is 0 Å². The summed E-state index contributed by atoms with van der Waals surface area (Å²) in [7, 11) is 0. The molecule has 0 amide bonds. The Morgan fingerprint density at radius 1 is 1.50 bits per heavy atom. The average Bonchev–Trinajstić information content (AvgIpc) is 2.08. The van der Waals surface area contributed by atoms with Gasteiger partial charge in [-0.3, -0.25) is 4.90 Å². The monoisotopic (exact) mass is 173 g/mol. The van der Waals surface area contributed by atoms with Gasteiger partial charge >= 0.3 is 0 Å². The molecule has 0 aromatic rings. The van der Waals surface area contributed by atoms with Gasteiger partial charge in [-0.25, -0.2) is 0 Å². The van der Waals surface area contributed by atoms with Crippen LogP contribution in [0.3, 0.4) is 0 Å². The standard InChI is InChI=1S/C9H19NO2/c1-2-4-10-5-3-9(12)6-8(10)7-11/h8-9,11-12H,2-7H2,1H3/t8-,9+/m0/s1. The molecule has 1 aliphatic rings. The fourth-order valence-electron chi connectivity index (χ4n) is 1.85. The first-order valence-electron chi connectivity index (χ1n) is 4.81. The molecule has 2 N–H and O–H groups in total. The number of hydrogen-bond donors (Lipinski definition) is 2. The first-order chi connectivity index (χ1) is 5.77. The number of rotatable bonds is 3. The van der Waals surface area contributed by atoms with E-state index < -0.39 is 0 Å². The second kappa shape index (κ2) is 4.80. The SMILES string of the molecule is CCCN1CC[C@@H](O)C[C@H]1CO. The van der Waals surface area contributed by atoms with Gasteiger partial charge in [-0.2, -0.15) is 0 Å². The highest BCUT2D eigenvalue weighted by atomic mass is 16.3. The van der Waals surface area contributed by atoms with Crippen molar-refractivity contribution in [3.8, 4) is 0 Å². The van der Waals surface area contributed by atoms with E-state index in [9.17, 15) is 5.11 Å². The van der Waals surface area contributed by atoms with Crippen LogP contribution in [0.2, 0.25) is 0 Å². The highest BCUT2D eigenvalue weighted by Gasteiger charge is 2.25. The molecule has 0 spiro atoms. The van der Waals surface area contributed by atoms with Gasteiger partial charge in [-0.1, -0.05) is 6.92 Å². The van der Waals surface area contributed by atoms with E-state index in [0.29, 0.717) is 0 Å². The van der Waals surface area contributed by atoms with Crippen molar-refractivity contribution < 1.29 is 10.2 Å². The first-order valence-corrected chi connectivity index (χ1v) is 4.81. The summed E-state index contributed by atoms with van der Waals surface area (Å²) in [4.78, 5) is 2.27. The molecular weight excluding hydrogens is 154 g/mol. The third kappa shape index (κ3) is 2.44. The second-order valence-corrected chi connectivity index (χ2v) is 3.55. The summed E-state index contributed by atoms with van der Waals surface area (Å²) in [6.07, 6.45) is 2.51. The Morgan fingerprint density at radius 3 is 2.83 bits per heavy atom. The molecular formula is C9H19NO2. The molecule has 72 valence electrons. The lowest BCUT2D eigenvalue weighted by atomic mass is 10.00. The van der Waals surface area contributed by atoms with Gasteiger partial charge in [0.1, 0.15) is 0 Å². The van der Waals surface area contributed by atoms with Crippen LogP contribution in [-0.4, -0.2) is 47.0 Å². The van der Waals surface area contributed by atoms with Crippen molar-refractivity contribution in [3.05, 3.63) is 0 Å². The van der Waals surface area contributed by atoms with E-state index in [2.05, 4.69) is 11.8 Å². The van der Waals surface area contributed by atoms with Gasteiger partial charge in [0, 0.05) is 12.6 Å². The van der Waals surface area contributed by atoms with Crippen molar-refractivity contribution in [2.45, 2.75) is 38.3 Å². The number of nitrogens with zero attached hydrogens (tertiary/aromatic N) is 1. The van der Waals surface area contributed by atoms with E-state index in [0.717, 1.165) is 32.4 Å². The van der Waals surface area contributed by atoms with Gasteiger partial charge in [0.2, 0.25) is 0 Å². The minimum Gasteiger partial charge on any atom is -0.395 e. The fraction of sp³-hybridized carbons (Fsp3) is 1.00. The molecule has 1 saturated heterocycles. The number of aliphatic hydroxyl groups is 2. The minimum atomic E-state index is -0.199. The number of likely N-dealkylation sites (tertiary alicyclic amines) is 1. The van der Waals surface area contributed by atoms with Crippen molar-refractivity contribution in [2.75, 3.05) is 19.7 Å². The molecule has 3 nitrogen and oxygen atoms in total. The quantitative estimate of drug-likeness (QED) is 0.641. The maximum absolute atomic E-state index is 9.36. The van der Waals surface area contributed by atoms with Crippen molar-refractivity contribution in [2.24, 2.45) is 0 Å². The molecule has 0 unspecified atom stereocenters. The molecule has 1 fully saturated rings. The molecule has 1 rings (SSSR count). The van der Waals surface area contributed by atoms with Gasteiger partial charge in [0.05, 0.1) is 12.7 Å². The van der Waals surface area contributed by atoms with Crippen LogP contribution in [0.25, 0.3) is 0 Å². The minimum absolute atomic E-state index is 0.178. The van der Waals surface area contributed by atoms with Crippen LogP contribution >= 0.6 is 0 Å². The lowest BCUT2D eigenvalue weighted by Crippen LogP contribution is -2.46. The smallest absolute Gasteiger partial charge is 0.0587 e. The summed E-state index contributed by atoms with van der Waals surface area (Å²) in [5, 5.41) is 18.4. The highest BCUT2D eigenvalue weighted by Crippen LogP contribution is 2.17. The molecule has 0 aromatic heterocycles. The van der Waals surface area contributed by atoms with Gasteiger partial charge in [0.15, 0.2) is 0 Å². The Kier molecular flexibility index (Phi) is 3.98. The van der Waals surface area contributed by atoms with Crippen molar-refractivity contribution in [1.82, 2.24) is 4.90 Å². The topological polar surface area (TPSA) is 43.7 Å². The molecule has 1 aliphatic heterocycles. The van der Waals surface area contributed by atoms with Gasteiger partial charge in [0.25, 0.3) is 0 Å². The molecule has 12 heavy (non-hydrogen) atoms. The Morgan fingerprint density at radius 2 is 2.25 bits per heavy atom. The molecule has 1 heterocycles. The Balaban J connectivity index is 2.39. The summed E-state index contributed by atoms with van der Waals surface area (Å²) in [6.45, 7) is 4.29. The van der Waals surface area contributed by atoms with E-state index >= 15 is 0 Å². The predicted molar refractivity (Wildman–Crippen MR) is 48.0 cm³/mol. The van der Waals surface area contributed by atoms with Gasteiger partial charge in [-0.05, 0) is 25.8 Å². The lowest BCUT2D eigenvalue weighted by Gasteiger charge is -2.36. The maximum Gasteiger partial charge on any atom is 0.0587 e. The van der Waals surface area contributed by atoms with Crippen LogP contribution < -0.4 is 0 Å². The molecule has 0 bridgehead atoms. The van der Waals surface area contributed by atoms with Gasteiger partial charge < -0.3 is 10.2 Å². The second-order valence-electron chi connectivity index (χ2n) is 3.55. The molecule has 2 atom stereocenters. The first kappa shape index (κ1) is 9.96. The number of aliphatic hydroxyl groups excluding tert-OH is 2. The third-order valence-corrected chi connectivity index (χ3v) is 2.53. The van der Waals surface area contributed by atoms with E-state index in [1.807, 2.05) is 0 Å². The van der Waals surface area contributed by atoms with Crippen LogP contribution in [0.5, 0.6) is 0 Å². The van der Waals surface area contributed by atoms with E-state index in [1.165, 1.54) is 0 Å². The van der Waals surface area contributed by atoms with Crippen molar-refractivity contribution >= 4 is 0 Å². The number of piperidine rings is 1. The number of hydrogen-bond acceptors (Lipinski definition) is 3. The van der Waals surface area contributed by atoms with Crippen molar-refractivity contribution in [3.63, 3.8) is 0 Å².